The smallest absolute Gasteiger partial charge is 0.242 e. The van der Waals surface area contributed by atoms with E-state index < -0.39 is 5.41 Å². The predicted molar refractivity (Wildman–Crippen MR) is 76.9 cm³/mol. The first-order valence-electron chi connectivity index (χ1n) is 6.42. The summed E-state index contributed by atoms with van der Waals surface area (Å²) < 4.78 is 0.661. The van der Waals surface area contributed by atoms with Gasteiger partial charge in [-0.05, 0) is 47.3 Å². The molecule has 2 fully saturated rings. The Morgan fingerprint density at radius 3 is 2.90 bits per heavy atom. The summed E-state index contributed by atoms with van der Waals surface area (Å²) in [6.07, 6.45) is 1.20. The number of nitrogens with two attached hydrogens (primary N) is 1. The van der Waals surface area contributed by atoms with Gasteiger partial charge in [0.25, 0.3) is 0 Å². The van der Waals surface area contributed by atoms with Gasteiger partial charge in [0, 0.05) is 6.04 Å². The van der Waals surface area contributed by atoms with E-state index in [-0.39, 0.29) is 23.9 Å². The number of amides is 2. The third-order valence-corrected chi connectivity index (χ3v) is 4.60. The highest BCUT2D eigenvalue weighted by Crippen LogP contribution is 2.54. The zero-order valence-corrected chi connectivity index (χ0v) is 12.5. The molecule has 0 aromatic carbocycles. The number of nitrogens with one attached hydrogen (secondary N) is 2. The van der Waals surface area contributed by atoms with Gasteiger partial charge in [0.05, 0.1) is 11.5 Å². The minimum absolute atomic E-state index is 0.0484. The summed E-state index contributed by atoms with van der Waals surface area (Å²) in [6, 6.07) is 3.35. The molecule has 0 spiro atoms. The first-order chi connectivity index (χ1) is 9.42. The number of fused-ring (bicyclic) bond motifs is 1. The number of hydrogen-bond donors (Lipinski definition) is 3. The van der Waals surface area contributed by atoms with E-state index in [0.29, 0.717) is 16.8 Å². The Hall–Kier alpha value is -1.47. The Morgan fingerprint density at radius 1 is 1.50 bits per heavy atom. The molecule has 20 heavy (non-hydrogen) atoms. The van der Waals surface area contributed by atoms with Crippen LogP contribution in [0.15, 0.2) is 16.7 Å². The van der Waals surface area contributed by atoms with Crippen LogP contribution in [0.1, 0.15) is 18.4 Å². The fourth-order valence-corrected chi connectivity index (χ4v) is 3.10. The van der Waals surface area contributed by atoms with Crippen LogP contribution in [-0.4, -0.2) is 28.9 Å². The van der Waals surface area contributed by atoms with E-state index in [1.165, 1.54) is 0 Å². The number of piperidine rings is 1. The summed E-state index contributed by atoms with van der Waals surface area (Å²) in [5.74, 6) is 0.0356. The Bertz CT molecular complexity index is 606. The van der Waals surface area contributed by atoms with Gasteiger partial charge >= 0.3 is 0 Å². The van der Waals surface area contributed by atoms with E-state index in [1.807, 2.05) is 19.1 Å². The van der Waals surface area contributed by atoms with Crippen molar-refractivity contribution in [2.75, 3.05) is 5.32 Å². The summed E-state index contributed by atoms with van der Waals surface area (Å²) in [4.78, 5) is 27.9. The van der Waals surface area contributed by atoms with Crippen molar-refractivity contribution in [2.45, 2.75) is 31.8 Å². The number of anilines is 1. The van der Waals surface area contributed by atoms with E-state index in [9.17, 15) is 9.59 Å². The number of carbonyl (C=O) groups excluding carboxylic acids is 2. The molecule has 2 heterocycles. The Morgan fingerprint density at radius 2 is 2.25 bits per heavy atom. The van der Waals surface area contributed by atoms with Crippen molar-refractivity contribution in [3.05, 3.63) is 22.3 Å². The second-order valence-corrected chi connectivity index (χ2v) is 6.30. The number of aromatic nitrogens is 1. The second kappa shape index (κ2) is 4.53. The fraction of sp³-hybridized carbons (Fsp3) is 0.462. The number of rotatable bonds is 3. The highest BCUT2D eigenvalue weighted by Gasteiger charge is 2.65. The summed E-state index contributed by atoms with van der Waals surface area (Å²) >= 11 is 3.27. The van der Waals surface area contributed by atoms with Crippen molar-refractivity contribution in [3.8, 4) is 0 Å². The van der Waals surface area contributed by atoms with Gasteiger partial charge in [0.1, 0.15) is 10.4 Å². The minimum atomic E-state index is -0.512. The average molecular weight is 339 g/mol. The molecule has 2 amide bonds. The average Bonchev–Trinajstić information content (AvgIpc) is 2.97. The first-order valence-corrected chi connectivity index (χ1v) is 7.22. The maximum Gasteiger partial charge on any atom is 0.242 e. The second-order valence-electron chi connectivity index (χ2n) is 5.49. The third-order valence-electron chi connectivity index (χ3n) is 4.16. The Labute approximate surface area is 124 Å². The van der Waals surface area contributed by atoms with Gasteiger partial charge in [0.15, 0.2) is 0 Å². The largest absolute Gasteiger partial charge is 0.369 e. The van der Waals surface area contributed by atoms with Crippen LogP contribution < -0.4 is 16.4 Å². The standard InChI is InChI=1S/C13H15BrN4O2/c1-6-2-3-9(14)17-10(6)18-11(19)7-4-13(12(15)20)5-8(13)16-7/h2-3,7-8,16H,4-5H2,1H3,(H2,15,20)(H,17,18,19). The van der Waals surface area contributed by atoms with Crippen LogP contribution in [0.3, 0.4) is 0 Å². The molecule has 1 saturated heterocycles. The van der Waals surface area contributed by atoms with Crippen molar-refractivity contribution < 1.29 is 9.59 Å². The number of primary amides is 1. The molecule has 2 aliphatic rings. The van der Waals surface area contributed by atoms with Crippen LogP contribution in [0.4, 0.5) is 5.82 Å². The maximum atomic E-state index is 12.2. The maximum absolute atomic E-state index is 12.2. The minimum Gasteiger partial charge on any atom is -0.369 e. The summed E-state index contributed by atoms with van der Waals surface area (Å²) in [5.41, 5.74) is 5.77. The van der Waals surface area contributed by atoms with Crippen molar-refractivity contribution in [2.24, 2.45) is 11.1 Å². The summed E-state index contributed by atoms with van der Waals surface area (Å²) in [6.45, 7) is 1.87. The normalized spacial score (nSPS) is 30.7. The summed E-state index contributed by atoms with van der Waals surface area (Å²) in [5, 5.41) is 5.95. The lowest BCUT2D eigenvalue weighted by molar-refractivity contribution is -0.123. The Kier molecular flexibility index (Phi) is 3.06. The fourth-order valence-electron chi connectivity index (χ4n) is 2.79. The number of nitrogens with zero attached hydrogens (tertiary/aromatic N) is 1. The van der Waals surface area contributed by atoms with E-state index in [2.05, 4.69) is 31.5 Å². The quantitative estimate of drug-likeness (QED) is 0.706. The molecule has 3 unspecified atom stereocenters. The molecular formula is C13H15BrN4O2. The van der Waals surface area contributed by atoms with Crippen LogP contribution >= 0.6 is 15.9 Å². The van der Waals surface area contributed by atoms with Gasteiger partial charge in [-0.3, -0.25) is 9.59 Å². The predicted octanol–water partition coefficient (Wildman–Crippen LogP) is 0.697. The van der Waals surface area contributed by atoms with Crippen LogP contribution in [0, 0.1) is 12.3 Å². The van der Waals surface area contributed by atoms with Crippen LogP contribution in [0.5, 0.6) is 0 Å². The van der Waals surface area contributed by atoms with E-state index in [4.69, 9.17) is 5.73 Å². The van der Waals surface area contributed by atoms with Gasteiger partial charge in [0.2, 0.25) is 11.8 Å². The highest BCUT2D eigenvalue weighted by molar-refractivity contribution is 9.10. The van der Waals surface area contributed by atoms with Crippen molar-refractivity contribution in [1.29, 1.82) is 0 Å². The number of halogens is 1. The van der Waals surface area contributed by atoms with Crippen molar-refractivity contribution in [3.63, 3.8) is 0 Å². The first kappa shape index (κ1) is 13.5. The molecule has 0 radical (unpaired) electrons. The monoisotopic (exact) mass is 338 g/mol. The molecule has 1 aliphatic heterocycles. The van der Waals surface area contributed by atoms with Gasteiger partial charge in [-0.15, -0.1) is 0 Å². The zero-order valence-electron chi connectivity index (χ0n) is 10.9. The molecule has 3 atom stereocenters. The van der Waals surface area contributed by atoms with Crippen molar-refractivity contribution in [1.82, 2.24) is 10.3 Å². The van der Waals surface area contributed by atoms with Gasteiger partial charge in [-0.2, -0.15) is 0 Å². The molecule has 4 N–H and O–H groups in total. The lowest BCUT2D eigenvalue weighted by Gasteiger charge is -2.15. The number of carbonyl (C=O) groups is 2. The SMILES string of the molecule is Cc1ccc(Br)nc1NC(=O)C1CC2(C(N)=O)CC2N1. The Balaban J connectivity index is 1.69. The van der Waals surface area contributed by atoms with Gasteiger partial charge < -0.3 is 16.4 Å². The topological polar surface area (TPSA) is 97.1 Å². The molecule has 1 aromatic heterocycles. The van der Waals surface area contributed by atoms with Gasteiger partial charge in [-0.1, -0.05) is 6.07 Å². The highest BCUT2D eigenvalue weighted by atomic mass is 79.9. The molecule has 1 saturated carbocycles. The third kappa shape index (κ3) is 2.10. The molecule has 0 bridgehead atoms. The zero-order chi connectivity index (χ0) is 14.5. The van der Waals surface area contributed by atoms with E-state index >= 15 is 0 Å². The molecule has 1 aliphatic carbocycles. The lowest BCUT2D eigenvalue weighted by atomic mass is 9.99. The molecule has 106 valence electrons. The van der Waals surface area contributed by atoms with Crippen molar-refractivity contribution >= 4 is 33.6 Å². The number of pyridine rings is 1. The number of aryl methyl sites for hydroxylation is 1. The van der Waals surface area contributed by atoms with E-state index in [1.54, 1.807) is 0 Å². The molecule has 7 heteroatoms. The lowest BCUT2D eigenvalue weighted by Crippen LogP contribution is -2.38. The molecule has 3 rings (SSSR count). The molecule has 6 nitrogen and oxygen atoms in total. The number of hydrogen-bond acceptors (Lipinski definition) is 4. The van der Waals surface area contributed by atoms with Gasteiger partial charge in [-0.25, -0.2) is 4.98 Å². The van der Waals surface area contributed by atoms with Crippen LogP contribution in [0.2, 0.25) is 0 Å². The van der Waals surface area contributed by atoms with Crippen LogP contribution in [0.25, 0.3) is 0 Å². The summed E-state index contributed by atoms with van der Waals surface area (Å²) in [7, 11) is 0. The molecule has 1 aromatic rings. The van der Waals surface area contributed by atoms with Crippen LogP contribution in [-0.2, 0) is 9.59 Å². The van der Waals surface area contributed by atoms with E-state index in [0.717, 1.165) is 12.0 Å². The molecular weight excluding hydrogens is 324 g/mol.